The largest absolute Gasteiger partial charge is 0.508 e. The van der Waals surface area contributed by atoms with Crippen LogP contribution in [-0.4, -0.2) is 77.1 Å². The van der Waals surface area contributed by atoms with Crippen molar-refractivity contribution in [3.05, 3.63) is 77.5 Å². The second kappa shape index (κ2) is 15.3. The van der Waals surface area contributed by atoms with Gasteiger partial charge in [0, 0.05) is 49.5 Å². The van der Waals surface area contributed by atoms with Crippen molar-refractivity contribution >= 4 is 34.6 Å². The number of aromatic hydroxyl groups is 1. The van der Waals surface area contributed by atoms with Crippen LogP contribution in [0.1, 0.15) is 58.2 Å². The molecule has 1 aliphatic heterocycles. The summed E-state index contributed by atoms with van der Waals surface area (Å²) in [6.45, 7) is 9.00. The summed E-state index contributed by atoms with van der Waals surface area (Å²) < 4.78 is 11.6. The number of hydrogen-bond acceptors (Lipinski definition) is 7. The summed E-state index contributed by atoms with van der Waals surface area (Å²) >= 11 is 0. The van der Waals surface area contributed by atoms with Crippen molar-refractivity contribution < 1.29 is 33.8 Å². The number of carbonyl (C=O) groups is 4. The average Bonchev–Trinajstić information content (AvgIpc) is 3.45. The molecule has 2 aromatic carbocycles. The summed E-state index contributed by atoms with van der Waals surface area (Å²) in [5.41, 5.74) is 3.11. The number of aromatic nitrogens is 1. The molecule has 1 aromatic heterocycles. The Balaban J connectivity index is 1.80. The second-order valence-electron chi connectivity index (χ2n) is 12.6. The topological polar surface area (TPSA) is 150 Å². The van der Waals surface area contributed by atoms with Crippen molar-refractivity contribution in [2.75, 3.05) is 14.2 Å². The first-order chi connectivity index (χ1) is 22.3. The molecule has 0 spiro atoms. The van der Waals surface area contributed by atoms with E-state index in [9.17, 15) is 24.3 Å². The van der Waals surface area contributed by atoms with E-state index in [4.69, 9.17) is 9.47 Å². The smallest absolute Gasteiger partial charge is 0.338 e. The lowest BCUT2D eigenvalue weighted by Gasteiger charge is -2.33. The molecular formula is C36H46N4O7. The highest BCUT2D eigenvalue weighted by Gasteiger charge is 2.38. The number of cyclic esters (lactones) is 1. The van der Waals surface area contributed by atoms with E-state index >= 15 is 0 Å². The number of likely N-dealkylation sites (N-methyl/N-ethyl adjacent to an activating group) is 1. The molecule has 4 rings (SSSR count). The van der Waals surface area contributed by atoms with Crippen LogP contribution in [0, 0.1) is 11.8 Å². The van der Waals surface area contributed by atoms with E-state index in [0.717, 1.165) is 22.0 Å². The molecule has 0 radical (unpaired) electrons. The molecule has 4 N–H and O–H groups in total. The number of benzene rings is 2. The fraction of sp³-hybridized carbons (Fsp3) is 0.444. The van der Waals surface area contributed by atoms with Gasteiger partial charge in [0.1, 0.15) is 23.9 Å². The van der Waals surface area contributed by atoms with Crippen LogP contribution < -0.4 is 10.6 Å². The summed E-state index contributed by atoms with van der Waals surface area (Å²) in [7, 11) is 2.89. The van der Waals surface area contributed by atoms with Crippen LogP contribution in [-0.2, 0) is 35.1 Å². The number of amides is 3. The maximum Gasteiger partial charge on any atom is 0.338 e. The highest BCUT2D eigenvalue weighted by atomic mass is 16.6. The van der Waals surface area contributed by atoms with Gasteiger partial charge < -0.3 is 35.1 Å². The molecule has 11 heteroatoms. The van der Waals surface area contributed by atoms with Gasteiger partial charge in [-0.3, -0.25) is 14.4 Å². The predicted molar refractivity (Wildman–Crippen MR) is 178 cm³/mol. The van der Waals surface area contributed by atoms with Crippen LogP contribution in [0.2, 0.25) is 0 Å². The Kier molecular flexibility index (Phi) is 11.5. The number of aromatic amines is 1. The standard InChI is InChI=1S/C36H46N4O7/c1-20-16-21(2)24(5)47-36(45)32(46-7)31(25-12-14-27(41)15-13-25)39-34(43)30(18-26-19-37-29-11-9-8-10-28(26)29)40(6)35(44)23(4)38-33(42)22(3)17-20/h8-16,19,21-24,30-32,37,41H,17-18H2,1-7H3,(H,38,42)(H,39,43)/b20-16+/t21-,22+,23-,24-,30+,31+,32-/m0/s1. The zero-order chi connectivity index (χ0) is 34.4. The Labute approximate surface area is 275 Å². The van der Waals surface area contributed by atoms with Crippen molar-refractivity contribution in [3.8, 4) is 5.75 Å². The van der Waals surface area contributed by atoms with E-state index in [-0.39, 0.29) is 24.0 Å². The number of hydrogen-bond donors (Lipinski definition) is 4. The summed E-state index contributed by atoms with van der Waals surface area (Å²) in [5.74, 6) is -2.58. The first-order valence-electron chi connectivity index (χ1n) is 15.9. The van der Waals surface area contributed by atoms with Crippen molar-refractivity contribution in [2.45, 2.75) is 77.8 Å². The van der Waals surface area contributed by atoms with Crippen LogP contribution in [0.3, 0.4) is 0 Å². The number of para-hydroxylation sites is 1. The molecule has 1 aliphatic rings. The molecular weight excluding hydrogens is 600 g/mol. The number of H-pyrrole nitrogens is 1. The maximum absolute atomic E-state index is 14.4. The normalized spacial score (nSPS) is 28.4. The zero-order valence-electron chi connectivity index (χ0n) is 28.1. The molecule has 0 saturated heterocycles. The SMILES string of the molecule is CO[C@@H]1C(=O)O[C@@H](C)[C@@H](C)/C=C(\C)C[C@@H](C)C(=O)N[C@@H](C)C(=O)N(C)[C@H](Cc2c[nH]c3ccccc23)C(=O)N[C@@H]1c1ccc(O)cc1. The Morgan fingerprint density at radius 2 is 1.64 bits per heavy atom. The van der Waals surface area contributed by atoms with Crippen LogP contribution in [0.15, 0.2) is 66.4 Å². The van der Waals surface area contributed by atoms with Crippen molar-refractivity contribution in [1.82, 2.24) is 20.5 Å². The molecule has 2 heterocycles. The monoisotopic (exact) mass is 646 g/mol. The van der Waals surface area contributed by atoms with Crippen LogP contribution >= 0.6 is 0 Å². The summed E-state index contributed by atoms with van der Waals surface area (Å²) in [5, 5.41) is 16.7. The molecule has 7 atom stereocenters. The highest BCUT2D eigenvalue weighted by molar-refractivity contribution is 5.93. The van der Waals surface area contributed by atoms with Crippen molar-refractivity contribution in [2.24, 2.45) is 11.8 Å². The summed E-state index contributed by atoms with van der Waals surface area (Å²) in [6.07, 6.45) is 2.55. The first kappa shape index (κ1) is 35.2. The number of carbonyl (C=O) groups excluding carboxylic acids is 4. The lowest BCUT2D eigenvalue weighted by atomic mass is 9.95. The van der Waals surface area contributed by atoms with Crippen LogP contribution in [0.25, 0.3) is 10.9 Å². The van der Waals surface area contributed by atoms with E-state index in [2.05, 4.69) is 15.6 Å². The molecule has 11 nitrogen and oxygen atoms in total. The predicted octanol–water partition coefficient (Wildman–Crippen LogP) is 4.17. The summed E-state index contributed by atoms with van der Waals surface area (Å²) in [6, 6.07) is 10.7. The minimum absolute atomic E-state index is 0.00862. The Hall–Kier alpha value is -4.64. The van der Waals surface area contributed by atoms with Gasteiger partial charge >= 0.3 is 5.97 Å². The first-order valence-corrected chi connectivity index (χ1v) is 15.9. The van der Waals surface area contributed by atoms with Gasteiger partial charge in [-0.25, -0.2) is 4.79 Å². The lowest BCUT2D eigenvalue weighted by Crippen LogP contribution is -2.56. The highest BCUT2D eigenvalue weighted by Crippen LogP contribution is 2.27. The van der Waals surface area contributed by atoms with Crippen LogP contribution in [0.5, 0.6) is 5.75 Å². The number of rotatable bonds is 4. The van der Waals surface area contributed by atoms with E-state index in [1.165, 1.54) is 31.2 Å². The third-order valence-corrected chi connectivity index (χ3v) is 8.94. The van der Waals surface area contributed by atoms with Gasteiger partial charge in [-0.05, 0) is 56.5 Å². The molecule has 0 aliphatic carbocycles. The molecule has 252 valence electrons. The van der Waals surface area contributed by atoms with E-state index in [0.29, 0.717) is 12.0 Å². The number of allylic oxidation sites excluding steroid dienone is 1. The third kappa shape index (κ3) is 8.40. The molecule has 3 aromatic rings. The average molecular weight is 647 g/mol. The van der Waals surface area contributed by atoms with Crippen LogP contribution in [0.4, 0.5) is 0 Å². The minimum atomic E-state index is -1.25. The minimum Gasteiger partial charge on any atom is -0.508 e. The maximum atomic E-state index is 14.4. The molecule has 0 unspecified atom stereocenters. The lowest BCUT2D eigenvalue weighted by molar-refractivity contribution is -0.164. The van der Waals surface area contributed by atoms with Crippen molar-refractivity contribution in [1.29, 1.82) is 0 Å². The van der Waals surface area contributed by atoms with E-state index < -0.39 is 54.0 Å². The Morgan fingerprint density at radius 3 is 2.32 bits per heavy atom. The molecule has 0 bridgehead atoms. The number of nitrogens with zero attached hydrogens (tertiary/aromatic N) is 1. The second-order valence-corrected chi connectivity index (χ2v) is 12.6. The fourth-order valence-electron chi connectivity index (χ4n) is 6.01. The fourth-order valence-corrected chi connectivity index (χ4v) is 6.01. The quantitative estimate of drug-likeness (QED) is 0.246. The van der Waals surface area contributed by atoms with Gasteiger partial charge in [0.25, 0.3) is 0 Å². The number of ether oxygens (including phenoxy) is 2. The molecule has 0 saturated carbocycles. The molecule has 47 heavy (non-hydrogen) atoms. The van der Waals surface area contributed by atoms with Crippen molar-refractivity contribution in [3.63, 3.8) is 0 Å². The van der Waals surface area contributed by atoms with Gasteiger partial charge in [0.15, 0.2) is 6.10 Å². The Morgan fingerprint density at radius 1 is 0.957 bits per heavy atom. The van der Waals surface area contributed by atoms with Gasteiger partial charge in [-0.1, -0.05) is 55.8 Å². The number of phenolic OH excluding ortho intramolecular Hbond substituents is 1. The van der Waals surface area contributed by atoms with Gasteiger partial charge in [-0.2, -0.15) is 0 Å². The van der Waals surface area contributed by atoms with E-state index in [1.807, 2.05) is 44.2 Å². The van der Waals surface area contributed by atoms with E-state index in [1.54, 1.807) is 39.1 Å². The summed E-state index contributed by atoms with van der Waals surface area (Å²) in [4.78, 5) is 59.6. The van der Waals surface area contributed by atoms with Gasteiger partial charge in [-0.15, -0.1) is 0 Å². The Bertz CT molecular complexity index is 1610. The van der Waals surface area contributed by atoms with Gasteiger partial charge in [0.2, 0.25) is 17.7 Å². The molecule has 3 amide bonds. The molecule has 0 fully saturated rings. The number of nitrogens with one attached hydrogen (secondary N) is 3. The number of phenols is 1. The van der Waals surface area contributed by atoms with Gasteiger partial charge in [0.05, 0.1) is 6.04 Å². The third-order valence-electron chi connectivity index (χ3n) is 8.94. The number of esters is 1. The number of fused-ring (bicyclic) bond motifs is 1. The number of methoxy groups -OCH3 is 1. The zero-order valence-corrected chi connectivity index (χ0v) is 28.1.